The number of para-hydroxylation sites is 2. The van der Waals surface area contributed by atoms with Crippen LogP contribution in [0.15, 0.2) is 78.0 Å². The monoisotopic (exact) mass is 398 g/mol. The Balaban J connectivity index is 1.85. The number of anilines is 2. The second-order valence-electron chi connectivity index (χ2n) is 5.60. The summed E-state index contributed by atoms with van der Waals surface area (Å²) in [5.74, 6) is -0.673. The Hall–Kier alpha value is -3.79. The van der Waals surface area contributed by atoms with Gasteiger partial charge in [0.1, 0.15) is 5.69 Å². The molecule has 0 bridgehead atoms. The van der Waals surface area contributed by atoms with Gasteiger partial charge in [0.25, 0.3) is 21.6 Å². The van der Waals surface area contributed by atoms with Gasteiger partial charge in [-0.05, 0) is 36.4 Å². The fourth-order valence-electron chi connectivity index (χ4n) is 2.37. The van der Waals surface area contributed by atoms with Gasteiger partial charge in [-0.15, -0.1) is 0 Å². The van der Waals surface area contributed by atoms with E-state index >= 15 is 0 Å². The van der Waals surface area contributed by atoms with E-state index in [9.17, 15) is 23.3 Å². The molecule has 0 aliphatic carbocycles. The molecule has 3 rings (SSSR count). The number of hydrogen-bond donors (Lipinski definition) is 2. The molecule has 2 aromatic carbocycles. The minimum Gasteiger partial charge on any atom is -0.316 e. The topological polar surface area (TPSA) is 131 Å². The molecule has 10 heteroatoms. The van der Waals surface area contributed by atoms with Crippen molar-refractivity contribution in [1.29, 1.82) is 0 Å². The van der Waals surface area contributed by atoms with Gasteiger partial charge in [-0.25, -0.2) is 8.42 Å². The van der Waals surface area contributed by atoms with Crippen molar-refractivity contribution in [3.05, 3.63) is 88.7 Å². The predicted molar refractivity (Wildman–Crippen MR) is 103 cm³/mol. The van der Waals surface area contributed by atoms with Crippen LogP contribution in [0.2, 0.25) is 0 Å². The number of nitrogens with one attached hydrogen (secondary N) is 2. The Labute approximate surface area is 160 Å². The van der Waals surface area contributed by atoms with Crippen LogP contribution < -0.4 is 10.0 Å². The van der Waals surface area contributed by atoms with Crippen molar-refractivity contribution in [3.63, 3.8) is 0 Å². The quantitative estimate of drug-likeness (QED) is 0.485. The standard InChI is InChI=1S/C18H14N4O5S/c23-18(20-16-8-1-2-9-17(16)22(24)25)13-5-3-7-15(11-13)28(26,27)21-14-6-4-10-19-12-14/h1-12,21H,(H,20,23). The number of nitro groups is 1. The van der Waals surface area contributed by atoms with E-state index in [-0.39, 0.29) is 27.5 Å². The van der Waals surface area contributed by atoms with E-state index in [0.717, 1.165) is 0 Å². The molecule has 0 unspecified atom stereocenters. The lowest BCUT2D eigenvalue weighted by atomic mass is 10.2. The normalized spacial score (nSPS) is 10.9. The number of sulfonamides is 1. The first-order valence-corrected chi connectivity index (χ1v) is 9.43. The van der Waals surface area contributed by atoms with Gasteiger partial charge in [0.15, 0.2) is 0 Å². The fourth-order valence-corrected chi connectivity index (χ4v) is 3.46. The van der Waals surface area contributed by atoms with E-state index < -0.39 is 20.9 Å². The number of carbonyl (C=O) groups is 1. The molecule has 1 amide bonds. The number of aromatic nitrogens is 1. The molecule has 0 aliphatic rings. The van der Waals surface area contributed by atoms with Gasteiger partial charge in [0, 0.05) is 17.8 Å². The molecule has 142 valence electrons. The minimum absolute atomic E-state index is 0.0132. The zero-order chi connectivity index (χ0) is 20.1. The molecule has 1 heterocycles. The molecule has 28 heavy (non-hydrogen) atoms. The Bertz CT molecular complexity index is 1130. The van der Waals surface area contributed by atoms with Crippen LogP contribution in [0.5, 0.6) is 0 Å². The second-order valence-corrected chi connectivity index (χ2v) is 7.29. The fraction of sp³-hybridized carbons (Fsp3) is 0. The molecule has 0 radical (unpaired) electrons. The number of nitrogens with zero attached hydrogens (tertiary/aromatic N) is 2. The minimum atomic E-state index is -3.94. The van der Waals surface area contributed by atoms with Crippen molar-refractivity contribution in [2.75, 3.05) is 10.0 Å². The summed E-state index contributed by atoms with van der Waals surface area (Å²) in [5, 5.41) is 13.5. The molecule has 2 N–H and O–H groups in total. The van der Waals surface area contributed by atoms with Crippen molar-refractivity contribution in [2.45, 2.75) is 4.90 Å². The Morgan fingerprint density at radius 2 is 1.82 bits per heavy atom. The van der Waals surface area contributed by atoms with Crippen molar-refractivity contribution < 1.29 is 18.1 Å². The van der Waals surface area contributed by atoms with Crippen LogP contribution in [-0.4, -0.2) is 24.2 Å². The van der Waals surface area contributed by atoms with Gasteiger partial charge in [0.05, 0.1) is 21.7 Å². The first-order valence-electron chi connectivity index (χ1n) is 7.94. The summed E-state index contributed by atoms with van der Waals surface area (Å²) in [5.41, 5.74) is 0.0570. The van der Waals surface area contributed by atoms with Crippen LogP contribution in [0.25, 0.3) is 0 Å². The summed E-state index contributed by atoms with van der Waals surface area (Å²) < 4.78 is 27.4. The number of carbonyl (C=O) groups excluding carboxylic acids is 1. The van der Waals surface area contributed by atoms with Gasteiger partial charge in [-0.1, -0.05) is 18.2 Å². The third-order valence-electron chi connectivity index (χ3n) is 3.67. The molecule has 0 atom stereocenters. The Kier molecular flexibility index (Phi) is 5.32. The summed E-state index contributed by atoms with van der Waals surface area (Å²) in [6.45, 7) is 0. The molecule has 0 spiro atoms. The molecule has 0 aliphatic heterocycles. The van der Waals surface area contributed by atoms with E-state index in [0.29, 0.717) is 0 Å². The molecule has 0 saturated heterocycles. The van der Waals surface area contributed by atoms with E-state index in [1.54, 1.807) is 12.1 Å². The largest absolute Gasteiger partial charge is 0.316 e. The average Bonchev–Trinajstić information content (AvgIpc) is 2.69. The van der Waals surface area contributed by atoms with Crippen LogP contribution in [0.3, 0.4) is 0 Å². The van der Waals surface area contributed by atoms with E-state index in [4.69, 9.17) is 0 Å². The molecule has 3 aromatic rings. The van der Waals surface area contributed by atoms with Crippen molar-refractivity contribution in [2.24, 2.45) is 0 Å². The van der Waals surface area contributed by atoms with Gasteiger partial charge in [-0.2, -0.15) is 0 Å². The molecule has 9 nitrogen and oxygen atoms in total. The average molecular weight is 398 g/mol. The van der Waals surface area contributed by atoms with E-state index in [1.807, 2.05) is 0 Å². The lowest BCUT2D eigenvalue weighted by Gasteiger charge is -2.10. The number of nitro benzene ring substituents is 1. The lowest BCUT2D eigenvalue weighted by Crippen LogP contribution is -2.16. The van der Waals surface area contributed by atoms with Gasteiger partial charge < -0.3 is 5.32 Å². The van der Waals surface area contributed by atoms with E-state index in [2.05, 4.69) is 15.0 Å². The maximum Gasteiger partial charge on any atom is 0.292 e. The van der Waals surface area contributed by atoms with E-state index in [1.165, 1.54) is 60.9 Å². The lowest BCUT2D eigenvalue weighted by molar-refractivity contribution is -0.383. The Morgan fingerprint density at radius 1 is 1.04 bits per heavy atom. The molecule has 0 fully saturated rings. The van der Waals surface area contributed by atoms with Crippen LogP contribution >= 0.6 is 0 Å². The number of amides is 1. The van der Waals surface area contributed by atoms with Gasteiger partial charge in [0.2, 0.25) is 0 Å². The SMILES string of the molecule is O=C(Nc1ccccc1[N+](=O)[O-])c1cccc(S(=O)(=O)Nc2cccnc2)c1. The summed E-state index contributed by atoms with van der Waals surface area (Å²) in [4.78, 5) is 26.6. The summed E-state index contributed by atoms with van der Waals surface area (Å²) in [7, 11) is -3.94. The van der Waals surface area contributed by atoms with Crippen molar-refractivity contribution in [3.8, 4) is 0 Å². The molecule has 0 saturated carbocycles. The zero-order valence-corrected chi connectivity index (χ0v) is 15.1. The van der Waals surface area contributed by atoms with Crippen molar-refractivity contribution in [1.82, 2.24) is 4.98 Å². The molecule has 1 aromatic heterocycles. The number of benzene rings is 2. The smallest absolute Gasteiger partial charge is 0.292 e. The third kappa shape index (κ3) is 4.30. The van der Waals surface area contributed by atoms with Crippen molar-refractivity contribution >= 4 is 33.0 Å². The molecular formula is C18H14N4O5S. The highest BCUT2D eigenvalue weighted by Crippen LogP contribution is 2.24. The maximum atomic E-state index is 12.5. The highest BCUT2D eigenvalue weighted by Gasteiger charge is 2.19. The summed E-state index contributed by atoms with van der Waals surface area (Å²) in [6.07, 6.45) is 2.86. The summed E-state index contributed by atoms with van der Waals surface area (Å²) in [6, 6.07) is 14.1. The zero-order valence-electron chi connectivity index (χ0n) is 14.3. The number of hydrogen-bond acceptors (Lipinski definition) is 6. The maximum absolute atomic E-state index is 12.5. The second kappa shape index (κ2) is 7.84. The van der Waals surface area contributed by atoms with Gasteiger partial charge in [-0.3, -0.25) is 24.6 Å². The van der Waals surface area contributed by atoms with Crippen LogP contribution in [0, 0.1) is 10.1 Å². The van der Waals surface area contributed by atoms with Crippen LogP contribution in [0.1, 0.15) is 10.4 Å². The van der Waals surface area contributed by atoms with Crippen LogP contribution in [-0.2, 0) is 10.0 Å². The molecular weight excluding hydrogens is 384 g/mol. The third-order valence-corrected chi connectivity index (χ3v) is 5.05. The van der Waals surface area contributed by atoms with Gasteiger partial charge >= 0.3 is 0 Å². The predicted octanol–water partition coefficient (Wildman–Crippen LogP) is 3.04. The summed E-state index contributed by atoms with van der Waals surface area (Å²) >= 11 is 0. The first kappa shape index (κ1) is 19.0. The first-order chi connectivity index (χ1) is 13.4. The number of pyridine rings is 1. The number of rotatable bonds is 6. The van der Waals surface area contributed by atoms with Crippen LogP contribution in [0.4, 0.5) is 17.1 Å². The highest BCUT2D eigenvalue weighted by atomic mass is 32.2. The Morgan fingerprint density at radius 3 is 2.54 bits per heavy atom. The highest BCUT2D eigenvalue weighted by molar-refractivity contribution is 7.92.